The van der Waals surface area contributed by atoms with E-state index in [1.807, 2.05) is 20.8 Å². The van der Waals surface area contributed by atoms with Gasteiger partial charge in [0.2, 0.25) is 5.75 Å². The smallest absolute Gasteiger partial charge is 0.257 e. The molecule has 0 radical (unpaired) electrons. The Kier molecular flexibility index (Phi) is 8.35. The second kappa shape index (κ2) is 10.7. The summed E-state index contributed by atoms with van der Waals surface area (Å²) >= 11 is 11.1. The van der Waals surface area contributed by atoms with Crippen LogP contribution in [0.15, 0.2) is 36.4 Å². The molecule has 0 aliphatic rings. The maximum absolute atomic E-state index is 12.7. The fraction of sp³-hybridized carbons (Fsp3) is 0.300. The van der Waals surface area contributed by atoms with Crippen molar-refractivity contribution in [2.45, 2.75) is 20.8 Å². The van der Waals surface area contributed by atoms with Crippen molar-refractivity contribution in [3.05, 3.63) is 47.0 Å². The van der Waals surface area contributed by atoms with Gasteiger partial charge in [0.05, 0.1) is 19.8 Å². The number of nitrogens with one attached hydrogen (secondary N) is 2. The molecule has 0 saturated carbocycles. The zero-order valence-corrected chi connectivity index (χ0v) is 17.6. The summed E-state index contributed by atoms with van der Waals surface area (Å²) in [5, 5.41) is 6.36. The maximum Gasteiger partial charge on any atom is 0.257 e. The monoisotopic (exact) mass is 422 g/mol. The molecule has 0 bridgehead atoms. The number of hydrogen-bond acceptors (Lipinski definition) is 5. The van der Waals surface area contributed by atoms with Gasteiger partial charge in [0.1, 0.15) is 0 Å². The molecule has 0 aliphatic heterocycles. The van der Waals surface area contributed by atoms with E-state index in [0.717, 1.165) is 0 Å². The zero-order chi connectivity index (χ0) is 20.5. The van der Waals surface area contributed by atoms with Crippen LogP contribution in [0.2, 0.25) is 5.02 Å². The summed E-state index contributed by atoms with van der Waals surface area (Å²) < 4.78 is 16.9. The molecule has 0 fully saturated rings. The van der Waals surface area contributed by atoms with Crippen molar-refractivity contribution in [1.82, 2.24) is 5.32 Å². The summed E-state index contributed by atoms with van der Waals surface area (Å²) in [6.07, 6.45) is 0. The molecule has 0 spiro atoms. The Morgan fingerprint density at radius 3 is 2.00 bits per heavy atom. The molecule has 2 rings (SSSR count). The Balaban J connectivity index is 2.20. The molecule has 2 N–H and O–H groups in total. The number of amides is 1. The lowest BCUT2D eigenvalue weighted by molar-refractivity contribution is 0.0976. The zero-order valence-electron chi connectivity index (χ0n) is 16.0. The van der Waals surface area contributed by atoms with E-state index in [-0.39, 0.29) is 5.11 Å². The predicted molar refractivity (Wildman–Crippen MR) is 115 cm³/mol. The number of thiocarbonyl (C=S) groups is 1. The predicted octanol–water partition coefficient (Wildman–Crippen LogP) is 4.66. The van der Waals surface area contributed by atoms with E-state index in [0.29, 0.717) is 53.3 Å². The summed E-state index contributed by atoms with van der Waals surface area (Å²) in [5.74, 6) is 0.968. The standard InChI is InChI=1S/C20H23ClN2O4S/c1-4-25-16-11-13(12-17(26-5-2)18(16)27-6-3)19(24)23-20(28)22-15-9-7-14(21)8-10-15/h7-12H,4-6H2,1-3H3,(H2,22,23,24,28). The van der Waals surface area contributed by atoms with E-state index in [9.17, 15) is 4.79 Å². The quantitative estimate of drug-likeness (QED) is 0.603. The Morgan fingerprint density at radius 2 is 1.50 bits per heavy atom. The average Bonchev–Trinajstić information content (AvgIpc) is 2.66. The number of benzene rings is 2. The van der Waals surface area contributed by atoms with Gasteiger partial charge in [0, 0.05) is 16.3 Å². The van der Waals surface area contributed by atoms with E-state index < -0.39 is 5.91 Å². The van der Waals surface area contributed by atoms with Crippen LogP contribution in [0.5, 0.6) is 17.2 Å². The first-order valence-electron chi connectivity index (χ1n) is 8.92. The molecule has 0 unspecified atom stereocenters. The van der Waals surface area contributed by atoms with Gasteiger partial charge in [0.15, 0.2) is 16.6 Å². The molecule has 0 atom stereocenters. The lowest BCUT2D eigenvalue weighted by Crippen LogP contribution is -2.34. The highest BCUT2D eigenvalue weighted by Gasteiger charge is 2.19. The fourth-order valence-corrected chi connectivity index (χ4v) is 2.73. The number of anilines is 1. The highest BCUT2D eigenvalue weighted by atomic mass is 35.5. The van der Waals surface area contributed by atoms with Gasteiger partial charge in [0.25, 0.3) is 5.91 Å². The van der Waals surface area contributed by atoms with E-state index in [1.54, 1.807) is 36.4 Å². The van der Waals surface area contributed by atoms with Crippen LogP contribution in [0.4, 0.5) is 5.69 Å². The number of hydrogen-bond donors (Lipinski definition) is 2. The minimum absolute atomic E-state index is 0.164. The average molecular weight is 423 g/mol. The van der Waals surface area contributed by atoms with Gasteiger partial charge in [-0.25, -0.2) is 0 Å². The van der Waals surface area contributed by atoms with Crippen LogP contribution < -0.4 is 24.8 Å². The molecule has 6 nitrogen and oxygen atoms in total. The van der Waals surface area contributed by atoms with Gasteiger partial charge in [-0.05, 0) is 69.4 Å². The Labute approximate surface area is 175 Å². The Morgan fingerprint density at radius 1 is 0.964 bits per heavy atom. The molecule has 2 aromatic rings. The normalized spacial score (nSPS) is 10.1. The second-order valence-corrected chi connectivity index (χ2v) is 6.36. The van der Waals surface area contributed by atoms with Gasteiger partial charge >= 0.3 is 0 Å². The third-order valence-corrected chi connectivity index (χ3v) is 3.96. The number of carbonyl (C=O) groups is 1. The van der Waals surface area contributed by atoms with Crippen molar-refractivity contribution in [3.63, 3.8) is 0 Å². The van der Waals surface area contributed by atoms with Gasteiger partial charge in [-0.15, -0.1) is 0 Å². The summed E-state index contributed by atoms with van der Waals surface area (Å²) in [6.45, 7) is 6.87. The van der Waals surface area contributed by atoms with E-state index >= 15 is 0 Å². The van der Waals surface area contributed by atoms with Crippen molar-refractivity contribution >= 4 is 40.5 Å². The van der Waals surface area contributed by atoms with Crippen LogP contribution in [0.3, 0.4) is 0 Å². The van der Waals surface area contributed by atoms with E-state index in [2.05, 4.69) is 10.6 Å². The fourth-order valence-electron chi connectivity index (χ4n) is 2.39. The molecule has 28 heavy (non-hydrogen) atoms. The van der Waals surface area contributed by atoms with Crippen molar-refractivity contribution < 1.29 is 19.0 Å². The second-order valence-electron chi connectivity index (χ2n) is 5.52. The Hall–Kier alpha value is -2.51. The van der Waals surface area contributed by atoms with Crippen molar-refractivity contribution in [3.8, 4) is 17.2 Å². The molecule has 0 heterocycles. The number of ether oxygens (including phenoxy) is 3. The molecular formula is C20H23ClN2O4S. The molecule has 1 amide bonds. The number of carbonyl (C=O) groups excluding carboxylic acids is 1. The molecule has 0 aliphatic carbocycles. The van der Waals surface area contributed by atoms with E-state index in [1.165, 1.54) is 0 Å². The first kappa shape index (κ1) is 21.8. The molecule has 150 valence electrons. The number of halogens is 1. The molecule has 0 aromatic heterocycles. The van der Waals surface area contributed by atoms with Crippen LogP contribution in [0.25, 0.3) is 0 Å². The van der Waals surface area contributed by atoms with Crippen LogP contribution in [-0.2, 0) is 0 Å². The van der Waals surface area contributed by atoms with E-state index in [4.69, 9.17) is 38.0 Å². The van der Waals surface area contributed by atoms with Gasteiger partial charge in [-0.3, -0.25) is 10.1 Å². The minimum Gasteiger partial charge on any atom is -0.490 e. The van der Waals surface area contributed by atoms with Crippen molar-refractivity contribution in [2.75, 3.05) is 25.1 Å². The Bertz CT molecular complexity index is 800. The SMILES string of the molecule is CCOc1cc(C(=O)NC(=S)Nc2ccc(Cl)cc2)cc(OCC)c1OCC. The summed E-state index contributed by atoms with van der Waals surface area (Å²) in [7, 11) is 0. The summed E-state index contributed by atoms with van der Waals surface area (Å²) in [6, 6.07) is 10.2. The first-order chi connectivity index (χ1) is 13.5. The minimum atomic E-state index is -0.392. The highest BCUT2D eigenvalue weighted by molar-refractivity contribution is 7.80. The largest absolute Gasteiger partial charge is 0.490 e. The molecule has 2 aromatic carbocycles. The molecular weight excluding hydrogens is 400 g/mol. The first-order valence-corrected chi connectivity index (χ1v) is 9.71. The molecule has 0 saturated heterocycles. The lowest BCUT2D eigenvalue weighted by Gasteiger charge is -2.17. The van der Waals surface area contributed by atoms with Crippen LogP contribution >= 0.6 is 23.8 Å². The summed E-state index contributed by atoms with van der Waals surface area (Å²) in [5.41, 5.74) is 1.06. The van der Waals surface area contributed by atoms with Crippen molar-refractivity contribution in [2.24, 2.45) is 0 Å². The van der Waals surface area contributed by atoms with Crippen LogP contribution in [0, 0.1) is 0 Å². The number of rotatable bonds is 8. The lowest BCUT2D eigenvalue weighted by atomic mass is 10.1. The van der Waals surface area contributed by atoms with Gasteiger partial charge < -0.3 is 19.5 Å². The highest BCUT2D eigenvalue weighted by Crippen LogP contribution is 2.39. The summed E-state index contributed by atoms with van der Waals surface area (Å²) in [4.78, 5) is 12.7. The van der Waals surface area contributed by atoms with Crippen LogP contribution in [-0.4, -0.2) is 30.8 Å². The molecule has 8 heteroatoms. The maximum atomic E-state index is 12.7. The topological polar surface area (TPSA) is 68.8 Å². The van der Waals surface area contributed by atoms with Gasteiger partial charge in [-0.1, -0.05) is 11.6 Å². The van der Waals surface area contributed by atoms with Gasteiger partial charge in [-0.2, -0.15) is 0 Å². The third-order valence-electron chi connectivity index (χ3n) is 3.50. The third kappa shape index (κ3) is 6.00. The van der Waals surface area contributed by atoms with Crippen molar-refractivity contribution in [1.29, 1.82) is 0 Å². The van der Waals surface area contributed by atoms with Crippen LogP contribution in [0.1, 0.15) is 31.1 Å².